The van der Waals surface area contributed by atoms with Gasteiger partial charge in [-0.2, -0.15) is 0 Å². The van der Waals surface area contributed by atoms with Gasteiger partial charge in [0.15, 0.2) is 11.5 Å². The summed E-state index contributed by atoms with van der Waals surface area (Å²) in [4.78, 5) is 15.4. The van der Waals surface area contributed by atoms with E-state index in [1.165, 1.54) is 12.0 Å². The summed E-state index contributed by atoms with van der Waals surface area (Å²) in [5.74, 6) is -0.0178. The summed E-state index contributed by atoms with van der Waals surface area (Å²) in [5, 5.41) is 12.1. The first-order valence-corrected chi connectivity index (χ1v) is 7.58. The van der Waals surface area contributed by atoms with Gasteiger partial charge in [0.25, 0.3) is 5.91 Å². The van der Waals surface area contributed by atoms with Crippen LogP contribution in [0.5, 0.6) is 11.5 Å². The first-order valence-electron chi connectivity index (χ1n) is 6.70. The molecule has 0 bridgehead atoms. The smallest absolute Gasteiger partial charge is 0.257 e. The second-order valence-corrected chi connectivity index (χ2v) is 5.94. The Bertz CT molecular complexity index is 610. The van der Waals surface area contributed by atoms with Crippen LogP contribution < -0.4 is 4.74 Å². The zero-order valence-electron chi connectivity index (χ0n) is 12.4. The number of para-hydroxylation sites is 1. The molecule has 0 aliphatic rings. The minimum absolute atomic E-state index is 0.0433. The molecule has 0 aliphatic carbocycles. The van der Waals surface area contributed by atoms with Gasteiger partial charge in [0.1, 0.15) is 0 Å². The van der Waals surface area contributed by atoms with E-state index in [-0.39, 0.29) is 23.3 Å². The highest BCUT2D eigenvalue weighted by Gasteiger charge is 2.22. The second kappa shape index (κ2) is 6.63. The Morgan fingerprint density at radius 2 is 2.14 bits per heavy atom. The molecule has 0 saturated heterocycles. The van der Waals surface area contributed by atoms with Gasteiger partial charge in [-0.25, -0.2) is 0 Å². The first-order chi connectivity index (χ1) is 10.0. The molecule has 1 aromatic carbocycles. The molecule has 4 nitrogen and oxygen atoms in total. The number of hydrogen-bond acceptors (Lipinski definition) is 4. The summed E-state index contributed by atoms with van der Waals surface area (Å²) in [7, 11) is 3.21. The van der Waals surface area contributed by atoms with Crippen molar-refractivity contribution >= 4 is 17.2 Å². The van der Waals surface area contributed by atoms with Crippen molar-refractivity contribution in [3.05, 3.63) is 46.2 Å². The van der Waals surface area contributed by atoms with Crippen molar-refractivity contribution in [1.29, 1.82) is 0 Å². The van der Waals surface area contributed by atoms with Crippen molar-refractivity contribution in [1.82, 2.24) is 4.90 Å². The number of likely N-dealkylation sites (N-methyl/N-ethyl adjacent to an activating group) is 1. The molecule has 2 rings (SSSR count). The average Bonchev–Trinajstić information content (AvgIpc) is 2.99. The molecule has 1 N–H and O–H groups in total. The Morgan fingerprint density at radius 3 is 2.76 bits per heavy atom. The number of amides is 1. The lowest BCUT2D eigenvalue weighted by Crippen LogP contribution is -2.36. The minimum Gasteiger partial charge on any atom is -0.504 e. The molecule has 1 atom stereocenters. The number of phenolic OH excluding ortho intramolecular Hbond substituents is 1. The molecular weight excluding hydrogens is 286 g/mol. The standard InChI is InChI=1S/C16H19NO3S/c1-11(10-12-6-5-9-21-12)17(2)16(19)13-7-4-8-14(20-3)15(13)18/h4-9,11,18H,10H2,1-3H3. The van der Waals surface area contributed by atoms with Gasteiger partial charge in [-0.15, -0.1) is 11.3 Å². The largest absolute Gasteiger partial charge is 0.504 e. The third kappa shape index (κ3) is 3.36. The van der Waals surface area contributed by atoms with Crippen LogP contribution in [0.25, 0.3) is 0 Å². The molecule has 5 heteroatoms. The van der Waals surface area contributed by atoms with Crippen LogP contribution in [-0.4, -0.2) is 36.1 Å². The van der Waals surface area contributed by atoms with E-state index >= 15 is 0 Å². The van der Waals surface area contributed by atoms with Crippen molar-refractivity contribution in [2.24, 2.45) is 0 Å². The Kier molecular flexibility index (Phi) is 4.85. The molecule has 1 amide bonds. The minimum atomic E-state index is -0.213. The molecular formula is C16H19NO3S. The molecule has 0 saturated carbocycles. The maximum Gasteiger partial charge on any atom is 0.257 e. The zero-order valence-corrected chi connectivity index (χ0v) is 13.2. The van der Waals surface area contributed by atoms with Gasteiger partial charge >= 0.3 is 0 Å². The number of phenols is 1. The number of nitrogens with zero attached hydrogens (tertiary/aromatic N) is 1. The van der Waals surface area contributed by atoms with Crippen molar-refractivity contribution in [3.63, 3.8) is 0 Å². The van der Waals surface area contributed by atoms with Gasteiger partial charge in [0.2, 0.25) is 0 Å². The highest BCUT2D eigenvalue weighted by Crippen LogP contribution is 2.30. The second-order valence-electron chi connectivity index (χ2n) is 4.91. The molecule has 2 aromatic rings. The third-order valence-electron chi connectivity index (χ3n) is 3.51. The van der Waals surface area contributed by atoms with Gasteiger partial charge in [-0.1, -0.05) is 12.1 Å². The lowest BCUT2D eigenvalue weighted by Gasteiger charge is -2.25. The quantitative estimate of drug-likeness (QED) is 0.923. The average molecular weight is 305 g/mol. The van der Waals surface area contributed by atoms with Crippen LogP contribution in [0.15, 0.2) is 35.7 Å². The Hall–Kier alpha value is -2.01. The van der Waals surface area contributed by atoms with Crippen LogP contribution >= 0.6 is 11.3 Å². The highest BCUT2D eigenvalue weighted by molar-refractivity contribution is 7.09. The van der Waals surface area contributed by atoms with Crippen molar-refractivity contribution < 1.29 is 14.6 Å². The van der Waals surface area contributed by atoms with Gasteiger partial charge in [0, 0.05) is 24.4 Å². The zero-order chi connectivity index (χ0) is 15.4. The molecule has 21 heavy (non-hydrogen) atoms. The number of carbonyl (C=O) groups excluding carboxylic acids is 1. The normalized spacial score (nSPS) is 12.0. The van der Waals surface area contributed by atoms with E-state index in [9.17, 15) is 9.90 Å². The van der Waals surface area contributed by atoms with E-state index in [1.807, 2.05) is 18.4 Å². The number of carbonyl (C=O) groups is 1. The fourth-order valence-corrected chi connectivity index (χ4v) is 2.93. The fraction of sp³-hybridized carbons (Fsp3) is 0.312. The van der Waals surface area contributed by atoms with E-state index in [0.717, 1.165) is 6.42 Å². The van der Waals surface area contributed by atoms with E-state index in [1.54, 1.807) is 41.5 Å². The van der Waals surface area contributed by atoms with E-state index in [4.69, 9.17) is 4.74 Å². The molecule has 0 spiro atoms. The Balaban J connectivity index is 2.15. The maximum atomic E-state index is 12.5. The summed E-state index contributed by atoms with van der Waals surface area (Å²) in [6.07, 6.45) is 0.796. The number of methoxy groups -OCH3 is 1. The molecule has 1 heterocycles. The molecule has 0 aliphatic heterocycles. The molecule has 0 fully saturated rings. The Morgan fingerprint density at radius 1 is 1.38 bits per heavy atom. The molecule has 0 radical (unpaired) electrons. The number of benzene rings is 1. The van der Waals surface area contributed by atoms with Crippen molar-refractivity contribution in [2.75, 3.05) is 14.2 Å². The summed E-state index contributed by atoms with van der Waals surface area (Å²) in [6.45, 7) is 1.99. The molecule has 1 unspecified atom stereocenters. The van der Waals surface area contributed by atoms with E-state index in [2.05, 4.69) is 6.07 Å². The van der Waals surface area contributed by atoms with Gasteiger partial charge in [-0.3, -0.25) is 4.79 Å². The number of ether oxygens (including phenoxy) is 1. The lowest BCUT2D eigenvalue weighted by atomic mass is 10.1. The number of rotatable bonds is 5. The van der Waals surface area contributed by atoms with Gasteiger partial charge < -0.3 is 14.7 Å². The highest BCUT2D eigenvalue weighted by atomic mass is 32.1. The van der Waals surface area contributed by atoms with Gasteiger partial charge in [-0.05, 0) is 30.5 Å². The van der Waals surface area contributed by atoms with Crippen LogP contribution in [0, 0.1) is 0 Å². The maximum absolute atomic E-state index is 12.5. The van der Waals surface area contributed by atoms with Crippen molar-refractivity contribution in [3.8, 4) is 11.5 Å². The van der Waals surface area contributed by atoms with Crippen LogP contribution in [0.1, 0.15) is 22.2 Å². The number of aromatic hydroxyl groups is 1. The monoisotopic (exact) mass is 305 g/mol. The molecule has 1 aromatic heterocycles. The first kappa shape index (κ1) is 15.4. The van der Waals surface area contributed by atoms with Crippen LogP contribution in [0.4, 0.5) is 0 Å². The van der Waals surface area contributed by atoms with E-state index < -0.39 is 0 Å². The summed E-state index contributed by atoms with van der Waals surface area (Å²) >= 11 is 1.68. The van der Waals surface area contributed by atoms with Crippen LogP contribution in [0.2, 0.25) is 0 Å². The summed E-state index contributed by atoms with van der Waals surface area (Å²) in [5.41, 5.74) is 0.259. The number of hydrogen-bond donors (Lipinski definition) is 1. The van der Waals surface area contributed by atoms with Crippen LogP contribution in [0.3, 0.4) is 0 Å². The predicted octanol–water partition coefficient (Wildman–Crippen LogP) is 3.17. The lowest BCUT2D eigenvalue weighted by molar-refractivity contribution is 0.0740. The summed E-state index contributed by atoms with van der Waals surface area (Å²) in [6, 6.07) is 9.03. The predicted molar refractivity (Wildman–Crippen MR) is 84.2 cm³/mol. The third-order valence-corrected chi connectivity index (χ3v) is 4.41. The van der Waals surface area contributed by atoms with Crippen LogP contribution in [-0.2, 0) is 6.42 Å². The van der Waals surface area contributed by atoms with Crippen molar-refractivity contribution in [2.45, 2.75) is 19.4 Å². The number of thiophene rings is 1. The molecule has 112 valence electrons. The fourth-order valence-electron chi connectivity index (χ4n) is 2.11. The Labute approximate surface area is 128 Å². The van der Waals surface area contributed by atoms with Gasteiger partial charge in [0.05, 0.1) is 12.7 Å². The summed E-state index contributed by atoms with van der Waals surface area (Å²) < 4.78 is 5.04. The SMILES string of the molecule is COc1cccc(C(=O)N(C)C(C)Cc2cccs2)c1O. The topological polar surface area (TPSA) is 49.8 Å². The van der Waals surface area contributed by atoms with E-state index in [0.29, 0.717) is 5.75 Å².